The molecule has 4 aromatic rings. The smallest absolute Gasteiger partial charge is 0.344 e. The highest BCUT2D eigenvalue weighted by Crippen LogP contribution is 2.36. The Hall–Kier alpha value is -4.43. The first-order valence-electron chi connectivity index (χ1n) is 14.4. The van der Waals surface area contributed by atoms with Gasteiger partial charge in [-0.25, -0.2) is 14.6 Å². The van der Waals surface area contributed by atoms with Crippen LogP contribution in [0.1, 0.15) is 36.6 Å². The Balaban J connectivity index is 1.69. The fourth-order valence-corrected chi connectivity index (χ4v) is 6.77. The Morgan fingerprint density at radius 2 is 1.70 bits per heavy atom. The van der Waals surface area contributed by atoms with Gasteiger partial charge in [0.1, 0.15) is 5.75 Å². The number of thiazole rings is 1. The van der Waals surface area contributed by atoms with Crippen LogP contribution in [0.15, 0.2) is 82.1 Å². The Labute approximate surface area is 282 Å². The second kappa shape index (κ2) is 14.8. The molecule has 10 nitrogen and oxygen atoms in total. The number of carbonyl (C=O) groups is 2. The van der Waals surface area contributed by atoms with E-state index in [1.807, 2.05) is 48.5 Å². The van der Waals surface area contributed by atoms with Gasteiger partial charge in [0.05, 0.1) is 52.8 Å². The van der Waals surface area contributed by atoms with E-state index in [2.05, 4.69) is 22.6 Å². The number of benzene rings is 3. The van der Waals surface area contributed by atoms with Crippen LogP contribution in [0.5, 0.6) is 17.2 Å². The first-order valence-corrected chi connectivity index (χ1v) is 16.3. The number of nitrogens with zero attached hydrogens (tertiary/aromatic N) is 2. The number of halogens is 1. The molecule has 12 heteroatoms. The third kappa shape index (κ3) is 6.87. The first-order chi connectivity index (χ1) is 22.3. The van der Waals surface area contributed by atoms with Gasteiger partial charge in [-0.15, -0.1) is 0 Å². The van der Waals surface area contributed by atoms with Crippen molar-refractivity contribution in [3.05, 3.63) is 112 Å². The zero-order chi connectivity index (χ0) is 32.8. The minimum atomic E-state index is -0.813. The molecule has 1 aromatic heterocycles. The standard InChI is InChI=1S/C34H31IN2O8S/c1-5-43-27(38)19-45-31-24(35)16-20(17-25(31)42-4)18-26-32(39)37-30(22-12-14-23(41-3)15-13-22)28(33(40)44-6-2)29(36-34(37)46-26)21-10-8-7-9-11-21/h7-18,30H,5-6,19H2,1-4H3/b26-18-/t30-/m0/s1. The van der Waals surface area contributed by atoms with Gasteiger partial charge in [-0.2, -0.15) is 0 Å². The fraction of sp³-hybridized carbons (Fsp3) is 0.235. The lowest BCUT2D eigenvalue weighted by Gasteiger charge is -2.26. The van der Waals surface area contributed by atoms with Crippen molar-refractivity contribution >= 4 is 57.6 Å². The van der Waals surface area contributed by atoms with E-state index < -0.39 is 18.0 Å². The van der Waals surface area contributed by atoms with Crippen LogP contribution in [0.2, 0.25) is 0 Å². The molecule has 46 heavy (non-hydrogen) atoms. The third-order valence-electron chi connectivity index (χ3n) is 6.99. The Bertz CT molecular complexity index is 1970. The molecule has 1 aliphatic rings. The van der Waals surface area contributed by atoms with Crippen LogP contribution in [-0.2, 0) is 19.1 Å². The van der Waals surface area contributed by atoms with Gasteiger partial charge in [0.25, 0.3) is 5.56 Å². The summed E-state index contributed by atoms with van der Waals surface area (Å²) in [5, 5.41) is 0. The molecule has 0 bridgehead atoms. The first kappa shape index (κ1) is 32.9. The zero-order valence-electron chi connectivity index (χ0n) is 25.6. The van der Waals surface area contributed by atoms with Crippen LogP contribution in [-0.4, -0.2) is 50.5 Å². The monoisotopic (exact) mass is 754 g/mol. The molecule has 0 N–H and O–H groups in total. The quantitative estimate of drug-likeness (QED) is 0.163. The van der Waals surface area contributed by atoms with Gasteiger partial charge < -0.3 is 23.7 Å². The van der Waals surface area contributed by atoms with E-state index >= 15 is 0 Å². The SMILES string of the molecule is CCOC(=O)COc1c(I)cc(/C=c2\sc3n(c2=O)[C@@H](c2ccc(OC)cc2)C(C(=O)OCC)=C(c2ccccc2)N=3)cc1OC. The van der Waals surface area contributed by atoms with E-state index in [-0.39, 0.29) is 31.0 Å². The lowest BCUT2D eigenvalue weighted by molar-refractivity contribution is -0.145. The van der Waals surface area contributed by atoms with Gasteiger partial charge >= 0.3 is 11.9 Å². The van der Waals surface area contributed by atoms with Gasteiger partial charge in [-0.05, 0) is 77.9 Å². The maximum absolute atomic E-state index is 14.2. The second-order valence-corrected chi connectivity index (χ2v) is 12.0. The molecule has 1 atom stereocenters. The van der Waals surface area contributed by atoms with Gasteiger partial charge in [0, 0.05) is 5.56 Å². The Kier molecular flexibility index (Phi) is 10.6. The molecule has 0 amide bonds. The lowest BCUT2D eigenvalue weighted by atomic mass is 9.93. The minimum Gasteiger partial charge on any atom is -0.497 e. The van der Waals surface area contributed by atoms with Crippen molar-refractivity contribution in [2.45, 2.75) is 19.9 Å². The van der Waals surface area contributed by atoms with Crippen LogP contribution in [0.4, 0.5) is 0 Å². The predicted octanol–water partition coefficient (Wildman–Crippen LogP) is 4.50. The largest absolute Gasteiger partial charge is 0.497 e. The van der Waals surface area contributed by atoms with E-state index in [1.165, 1.54) is 23.0 Å². The molecule has 0 unspecified atom stereocenters. The average molecular weight is 755 g/mol. The molecule has 0 saturated heterocycles. The lowest BCUT2D eigenvalue weighted by Crippen LogP contribution is -2.40. The van der Waals surface area contributed by atoms with Crippen LogP contribution < -0.4 is 29.1 Å². The predicted molar refractivity (Wildman–Crippen MR) is 182 cm³/mol. The molecule has 238 valence electrons. The van der Waals surface area contributed by atoms with Crippen molar-refractivity contribution in [3.63, 3.8) is 0 Å². The van der Waals surface area contributed by atoms with E-state index in [0.29, 0.717) is 47.0 Å². The van der Waals surface area contributed by atoms with Gasteiger partial charge in [0.2, 0.25) is 0 Å². The van der Waals surface area contributed by atoms with E-state index in [4.69, 9.17) is 28.7 Å². The summed E-state index contributed by atoms with van der Waals surface area (Å²) in [5.41, 5.74) is 2.46. The minimum absolute atomic E-state index is 0.157. The summed E-state index contributed by atoms with van der Waals surface area (Å²) in [5.74, 6) is 0.370. The molecule has 1 aliphatic heterocycles. The molecule has 0 saturated carbocycles. The van der Waals surface area contributed by atoms with Crippen LogP contribution in [0, 0.1) is 3.57 Å². The molecule has 0 aliphatic carbocycles. The van der Waals surface area contributed by atoms with Crippen LogP contribution >= 0.6 is 33.9 Å². The maximum atomic E-state index is 14.2. The summed E-state index contributed by atoms with van der Waals surface area (Å²) in [4.78, 5) is 45.0. The molecule has 0 spiro atoms. The summed E-state index contributed by atoms with van der Waals surface area (Å²) in [6.45, 7) is 3.60. The number of rotatable bonds is 11. The van der Waals surface area contributed by atoms with Crippen molar-refractivity contribution in [1.82, 2.24) is 4.57 Å². The number of carbonyl (C=O) groups excluding carboxylic acids is 2. The normalized spacial score (nSPS) is 14.3. The van der Waals surface area contributed by atoms with Crippen LogP contribution in [0.25, 0.3) is 11.8 Å². The summed E-state index contributed by atoms with van der Waals surface area (Å²) >= 11 is 3.30. The van der Waals surface area contributed by atoms with Gasteiger partial charge in [-0.3, -0.25) is 9.36 Å². The maximum Gasteiger partial charge on any atom is 0.344 e. The van der Waals surface area contributed by atoms with Crippen molar-refractivity contribution in [1.29, 1.82) is 0 Å². The average Bonchev–Trinajstić information content (AvgIpc) is 3.37. The van der Waals surface area contributed by atoms with Crippen LogP contribution in [0.3, 0.4) is 0 Å². The van der Waals surface area contributed by atoms with Crippen molar-refractivity contribution in [2.24, 2.45) is 4.99 Å². The molecular formula is C34H31IN2O8S. The number of hydrogen-bond donors (Lipinski definition) is 0. The molecule has 5 rings (SSSR count). The van der Waals surface area contributed by atoms with E-state index in [0.717, 1.165) is 5.56 Å². The number of methoxy groups -OCH3 is 2. The highest BCUT2D eigenvalue weighted by molar-refractivity contribution is 14.1. The number of aromatic nitrogens is 1. The number of esters is 2. The molecular weight excluding hydrogens is 723 g/mol. The summed E-state index contributed by atoms with van der Waals surface area (Å²) in [6, 6.07) is 19.3. The van der Waals surface area contributed by atoms with Crippen molar-refractivity contribution in [2.75, 3.05) is 34.0 Å². The topological polar surface area (TPSA) is 115 Å². The molecule has 0 radical (unpaired) electrons. The highest BCUT2D eigenvalue weighted by atomic mass is 127. The number of fused-ring (bicyclic) bond motifs is 1. The highest BCUT2D eigenvalue weighted by Gasteiger charge is 2.35. The molecule has 0 fully saturated rings. The summed E-state index contributed by atoms with van der Waals surface area (Å²) < 4.78 is 29.7. The summed E-state index contributed by atoms with van der Waals surface area (Å²) in [7, 11) is 3.07. The van der Waals surface area contributed by atoms with Crippen molar-refractivity contribution < 1.29 is 33.3 Å². The van der Waals surface area contributed by atoms with Crippen molar-refractivity contribution in [3.8, 4) is 17.2 Å². The molecule has 2 heterocycles. The van der Waals surface area contributed by atoms with Gasteiger partial charge in [-0.1, -0.05) is 53.8 Å². The van der Waals surface area contributed by atoms with Gasteiger partial charge in [0.15, 0.2) is 22.9 Å². The van der Waals surface area contributed by atoms with E-state index in [1.54, 1.807) is 45.2 Å². The Morgan fingerprint density at radius 1 is 0.978 bits per heavy atom. The Morgan fingerprint density at radius 3 is 2.35 bits per heavy atom. The fourth-order valence-electron chi connectivity index (χ4n) is 4.99. The third-order valence-corrected chi connectivity index (χ3v) is 8.78. The number of hydrogen-bond acceptors (Lipinski definition) is 10. The second-order valence-electron chi connectivity index (χ2n) is 9.83. The van der Waals surface area contributed by atoms with E-state index in [9.17, 15) is 14.4 Å². The zero-order valence-corrected chi connectivity index (χ0v) is 28.5. The molecule has 3 aromatic carbocycles. The summed E-state index contributed by atoms with van der Waals surface area (Å²) in [6.07, 6.45) is 1.74. The number of ether oxygens (including phenoxy) is 5.